The number of carbonyl (C=O) groups excluding carboxylic acids is 3. The molecule has 1 aliphatic carbocycles. The molecule has 128 valence electrons. The SMILES string of the molecule is O=CN1CCN(C(=O)C2CC2C(=O)NCCc2ccccc2)CC1. The summed E-state index contributed by atoms with van der Waals surface area (Å²) in [7, 11) is 0. The monoisotopic (exact) mass is 329 g/mol. The van der Waals surface area contributed by atoms with E-state index in [0.717, 1.165) is 12.8 Å². The summed E-state index contributed by atoms with van der Waals surface area (Å²) in [5.41, 5.74) is 1.19. The Bertz CT molecular complexity index is 597. The van der Waals surface area contributed by atoms with Crippen molar-refractivity contribution >= 4 is 18.2 Å². The molecule has 0 spiro atoms. The third-order valence-corrected chi connectivity index (χ3v) is 4.78. The summed E-state index contributed by atoms with van der Waals surface area (Å²) in [5.74, 6) is -0.318. The van der Waals surface area contributed by atoms with Crippen LogP contribution in [0.3, 0.4) is 0 Å². The first-order valence-electron chi connectivity index (χ1n) is 8.49. The van der Waals surface area contributed by atoms with E-state index in [1.807, 2.05) is 30.3 Å². The first-order chi connectivity index (χ1) is 11.7. The minimum absolute atomic E-state index is 0.0178. The van der Waals surface area contributed by atoms with E-state index in [-0.39, 0.29) is 23.7 Å². The van der Waals surface area contributed by atoms with E-state index in [9.17, 15) is 14.4 Å². The van der Waals surface area contributed by atoms with Crippen molar-refractivity contribution in [3.8, 4) is 0 Å². The Labute approximate surface area is 141 Å². The van der Waals surface area contributed by atoms with Crippen LogP contribution in [0, 0.1) is 11.8 Å². The van der Waals surface area contributed by atoms with Gasteiger partial charge < -0.3 is 15.1 Å². The summed E-state index contributed by atoms with van der Waals surface area (Å²) in [6.45, 7) is 2.89. The van der Waals surface area contributed by atoms with Crippen molar-refractivity contribution in [3.63, 3.8) is 0 Å². The van der Waals surface area contributed by atoms with Gasteiger partial charge in [0.15, 0.2) is 0 Å². The van der Waals surface area contributed by atoms with E-state index in [4.69, 9.17) is 0 Å². The van der Waals surface area contributed by atoms with Crippen molar-refractivity contribution in [2.75, 3.05) is 32.7 Å². The van der Waals surface area contributed by atoms with Gasteiger partial charge in [0.05, 0.1) is 11.8 Å². The number of nitrogens with zero attached hydrogens (tertiary/aromatic N) is 2. The van der Waals surface area contributed by atoms with Crippen LogP contribution >= 0.6 is 0 Å². The Morgan fingerprint density at radius 1 is 1.08 bits per heavy atom. The quantitative estimate of drug-likeness (QED) is 0.762. The minimum Gasteiger partial charge on any atom is -0.356 e. The van der Waals surface area contributed by atoms with Crippen molar-refractivity contribution in [2.45, 2.75) is 12.8 Å². The van der Waals surface area contributed by atoms with Crippen LogP contribution in [0.25, 0.3) is 0 Å². The second-order valence-corrected chi connectivity index (χ2v) is 6.44. The highest BCUT2D eigenvalue weighted by Crippen LogP contribution is 2.40. The highest BCUT2D eigenvalue weighted by atomic mass is 16.2. The van der Waals surface area contributed by atoms with Gasteiger partial charge in [-0.25, -0.2) is 0 Å². The smallest absolute Gasteiger partial charge is 0.226 e. The zero-order chi connectivity index (χ0) is 16.9. The molecule has 1 N–H and O–H groups in total. The van der Waals surface area contributed by atoms with Crippen LogP contribution in [-0.2, 0) is 20.8 Å². The van der Waals surface area contributed by atoms with Crippen LogP contribution in [0.15, 0.2) is 30.3 Å². The van der Waals surface area contributed by atoms with Gasteiger partial charge in [-0.3, -0.25) is 14.4 Å². The zero-order valence-electron chi connectivity index (χ0n) is 13.7. The average Bonchev–Trinajstić information content (AvgIpc) is 3.43. The number of nitrogens with one attached hydrogen (secondary N) is 1. The molecule has 2 unspecified atom stereocenters. The first kappa shape index (κ1) is 16.5. The summed E-state index contributed by atoms with van der Waals surface area (Å²) in [6.07, 6.45) is 2.26. The third-order valence-electron chi connectivity index (χ3n) is 4.78. The van der Waals surface area contributed by atoms with Gasteiger partial charge in [0.1, 0.15) is 0 Å². The molecule has 0 radical (unpaired) electrons. The number of hydrogen-bond donors (Lipinski definition) is 1. The third kappa shape index (κ3) is 3.93. The van der Waals surface area contributed by atoms with E-state index in [1.165, 1.54) is 5.56 Å². The molecule has 1 heterocycles. The van der Waals surface area contributed by atoms with Crippen LogP contribution in [0.2, 0.25) is 0 Å². The summed E-state index contributed by atoms with van der Waals surface area (Å²) >= 11 is 0. The van der Waals surface area contributed by atoms with Crippen LogP contribution in [0.5, 0.6) is 0 Å². The van der Waals surface area contributed by atoms with Gasteiger partial charge >= 0.3 is 0 Å². The van der Waals surface area contributed by atoms with Crippen molar-refractivity contribution in [2.24, 2.45) is 11.8 Å². The largest absolute Gasteiger partial charge is 0.356 e. The Morgan fingerprint density at radius 2 is 1.79 bits per heavy atom. The molecule has 0 aromatic heterocycles. The summed E-state index contributed by atoms with van der Waals surface area (Å²) in [4.78, 5) is 38.7. The summed E-state index contributed by atoms with van der Waals surface area (Å²) < 4.78 is 0. The fraction of sp³-hybridized carbons (Fsp3) is 0.500. The van der Waals surface area contributed by atoms with Crippen molar-refractivity contribution in [1.82, 2.24) is 15.1 Å². The Morgan fingerprint density at radius 3 is 2.46 bits per heavy atom. The molecule has 2 fully saturated rings. The standard InChI is InChI=1S/C18H23N3O3/c22-13-20-8-10-21(11-9-20)18(24)16-12-15(16)17(23)19-7-6-14-4-2-1-3-5-14/h1-5,13,15-16H,6-12H2,(H,19,23). The molecule has 1 aromatic rings. The van der Waals surface area contributed by atoms with E-state index in [1.54, 1.807) is 9.80 Å². The van der Waals surface area contributed by atoms with E-state index in [0.29, 0.717) is 39.1 Å². The van der Waals surface area contributed by atoms with Gasteiger partial charge in [0, 0.05) is 32.7 Å². The number of rotatable bonds is 6. The molecule has 2 atom stereocenters. The van der Waals surface area contributed by atoms with Gasteiger partial charge in [-0.05, 0) is 18.4 Å². The molecule has 3 rings (SSSR count). The topological polar surface area (TPSA) is 69.7 Å². The molecule has 1 saturated carbocycles. The fourth-order valence-corrected chi connectivity index (χ4v) is 3.15. The number of amides is 3. The molecule has 6 nitrogen and oxygen atoms in total. The molecule has 1 aliphatic heterocycles. The van der Waals surface area contributed by atoms with E-state index >= 15 is 0 Å². The number of benzene rings is 1. The zero-order valence-corrected chi connectivity index (χ0v) is 13.7. The Kier molecular flexibility index (Phi) is 5.13. The van der Waals surface area contributed by atoms with Crippen LogP contribution in [0.1, 0.15) is 12.0 Å². The molecule has 6 heteroatoms. The molecular formula is C18H23N3O3. The highest BCUT2D eigenvalue weighted by Gasteiger charge is 2.49. The fourth-order valence-electron chi connectivity index (χ4n) is 3.15. The second kappa shape index (κ2) is 7.47. The highest BCUT2D eigenvalue weighted by molar-refractivity contribution is 5.92. The normalized spacial score (nSPS) is 22.8. The van der Waals surface area contributed by atoms with E-state index < -0.39 is 0 Å². The van der Waals surface area contributed by atoms with E-state index in [2.05, 4.69) is 5.32 Å². The van der Waals surface area contributed by atoms with Crippen LogP contribution in [-0.4, -0.2) is 60.7 Å². The predicted molar refractivity (Wildman–Crippen MR) is 89.0 cm³/mol. The average molecular weight is 329 g/mol. The molecule has 2 aliphatic rings. The van der Waals surface area contributed by atoms with Crippen molar-refractivity contribution in [1.29, 1.82) is 0 Å². The van der Waals surface area contributed by atoms with Gasteiger partial charge in [-0.1, -0.05) is 30.3 Å². The minimum atomic E-state index is -0.183. The predicted octanol–water partition coefficient (Wildman–Crippen LogP) is 0.282. The second-order valence-electron chi connectivity index (χ2n) is 6.44. The maximum Gasteiger partial charge on any atom is 0.226 e. The summed E-state index contributed by atoms with van der Waals surface area (Å²) in [5, 5.41) is 2.93. The Hall–Kier alpha value is -2.37. The Balaban J connectivity index is 1.39. The molecule has 1 aromatic carbocycles. The lowest BCUT2D eigenvalue weighted by Crippen LogP contribution is -2.48. The number of piperazine rings is 1. The molecule has 24 heavy (non-hydrogen) atoms. The maximum absolute atomic E-state index is 12.4. The van der Waals surface area contributed by atoms with Crippen LogP contribution < -0.4 is 5.32 Å². The lowest BCUT2D eigenvalue weighted by atomic mass is 10.1. The molecule has 1 saturated heterocycles. The first-order valence-corrected chi connectivity index (χ1v) is 8.49. The van der Waals surface area contributed by atoms with Crippen molar-refractivity contribution in [3.05, 3.63) is 35.9 Å². The lowest BCUT2D eigenvalue weighted by molar-refractivity contribution is -0.137. The van der Waals surface area contributed by atoms with Gasteiger partial charge in [-0.15, -0.1) is 0 Å². The maximum atomic E-state index is 12.4. The number of carbonyl (C=O) groups is 3. The molecule has 0 bridgehead atoms. The van der Waals surface area contributed by atoms with Gasteiger partial charge in [0.25, 0.3) is 0 Å². The van der Waals surface area contributed by atoms with Gasteiger partial charge in [0.2, 0.25) is 18.2 Å². The molecule has 3 amide bonds. The van der Waals surface area contributed by atoms with Crippen LogP contribution in [0.4, 0.5) is 0 Å². The molecular weight excluding hydrogens is 306 g/mol. The lowest BCUT2D eigenvalue weighted by Gasteiger charge is -2.32. The number of hydrogen-bond acceptors (Lipinski definition) is 3. The van der Waals surface area contributed by atoms with Crippen molar-refractivity contribution < 1.29 is 14.4 Å². The summed E-state index contributed by atoms with van der Waals surface area (Å²) in [6, 6.07) is 10.0. The van der Waals surface area contributed by atoms with Gasteiger partial charge in [-0.2, -0.15) is 0 Å².